The molecule has 0 aromatic heterocycles. The van der Waals surface area contributed by atoms with E-state index in [2.05, 4.69) is 29.6 Å². The number of carbonyl (C=O) groups excluding carboxylic acids is 2. The van der Waals surface area contributed by atoms with Gasteiger partial charge in [-0.3, -0.25) is 9.59 Å². The predicted molar refractivity (Wildman–Crippen MR) is 101 cm³/mol. The summed E-state index contributed by atoms with van der Waals surface area (Å²) in [4.78, 5) is 27.9. The van der Waals surface area contributed by atoms with Crippen LogP contribution in [-0.4, -0.2) is 49.4 Å². The molecule has 0 bridgehead atoms. The van der Waals surface area contributed by atoms with Crippen molar-refractivity contribution in [2.24, 2.45) is 0 Å². The molecule has 136 valence electrons. The average molecular weight is 352 g/mol. The first-order valence-corrected chi connectivity index (χ1v) is 9.12. The fraction of sp³-hybridized carbons (Fsp3) is 0.333. The Bertz CT molecular complexity index is 753. The normalized spacial score (nSPS) is 14.9. The molecule has 0 aliphatic carbocycles. The number of amides is 2. The van der Waals surface area contributed by atoms with Gasteiger partial charge in [0.05, 0.1) is 32.7 Å². The van der Waals surface area contributed by atoms with E-state index in [-0.39, 0.29) is 18.4 Å². The van der Waals surface area contributed by atoms with E-state index in [1.807, 2.05) is 36.1 Å². The van der Waals surface area contributed by atoms with Crippen LogP contribution in [-0.2, 0) is 11.3 Å². The highest BCUT2D eigenvalue weighted by atomic mass is 16.2. The first-order chi connectivity index (χ1) is 12.6. The molecule has 0 saturated carbocycles. The quantitative estimate of drug-likeness (QED) is 0.830. The number of carbonyl (C=O) groups is 2. The van der Waals surface area contributed by atoms with Crippen molar-refractivity contribution in [2.75, 3.05) is 32.7 Å². The first kappa shape index (κ1) is 18.1. The van der Waals surface area contributed by atoms with Gasteiger partial charge in [0, 0.05) is 11.1 Å². The molecule has 1 fully saturated rings. The van der Waals surface area contributed by atoms with Crippen LogP contribution >= 0.6 is 0 Å². The summed E-state index contributed by atoms with van der Waals surface area (Å²) in [7, 11) is 0. The zero-order chi connectivity index (χ0) is 18.4. The Morgan fingerprint density at radius 3 is 2.46 bits per heavy atom. The number of aryl methyl sites for hydroxylation is 1. The Kier molecular flexibility index (Phi) is 6.02. The molecule has 26 heavy (non-hydrogen) atoms. The number of piperazine rings is 1. The van der Waals surface area contributed by atoms with Crippen molar-refractivity contribution < 1.29 is 14.5 Å². The molecular weight excluding hydrogens is 326 g/mol. The van der Waals surface area contributed by atoms with Gasteiger partial charge in [-0.2, -0.15) is 0 Å². The Morgan fingerprint density at radius 1 is 1.04 bits per heavy atom. The van der Waals surface area contributed by atoms with Gasteiger partial charge in [0.2, 0.25) is 5.91 Å². The SMILES string of the molecule is Cc1cccc(C(=O)NCC(=O)N2CC[NH+](Cc3ccccc3)CC2)c1. The maximum Gasteiger partial charge on any atom is 0.251 e. The lowest BCUT2D eigenvalue weighted by Crippen LogP contribution is -3.13. The van der Waals surface area contributed by atoms with E-state index in [9.17, 15) is 9.59 Å². The molecule has 1 aliphatic heterocycles. The molecule has 0 atom stereocenters. The third kappa shape index (κ3) is 4.92. The summed E-state index contributed by atoms with van der Waals surface area (Å²) >= 11 is 0. The molecule has 5 heteroatoms. The number of rotatable bonds is 5. The van der Waals surface area contributed by atoms with Crippen LogP contribution in [0.4, 0.5) is 0 Å². The molecule has 3 rings (SSSR count). The number of nitrogens with one attached hydrogen (secondary N) is 2. The number of quaternary nitrogens is 1. The fourth-order valence-electron chi connectivity index (χ4n) is 3.29. The van der Waals surface area contributed by atoms with Crippen LogP contribution in [0, 0.1) is 6.92 Å². The molecule has 5 nitrogen and oxygen atoms in total. The summed E-state index contributed by atoms with van der Waals surface area (Å²) in [6.45, 7) is 6.34. The van der Waals surface area contributed by atoms with Gasteiger partial charge in [0.1, 0.15) is 6.54 Å². The second-order valence-corrected chi connectivity index (χ2v) is 6.85. The van der Waals surface area contributed by atoms with Gasteiger partial charge in [-0.1, -0.05) is 48.0 Å². The van der Waals surface area contributed by atoms with Gasteiger partial charge in [-0.15, -0.1) is 0 Å². The van der Waals surface area contributed by atoms with Crippen molar-refractivity contribution in [1.82, 2.24) is 10.2 Å². The largest absolute Gasteiger partial charge is 0.343 e. The molecule has 0 radical (unpaired) electrons. The molecule has 2 aromatic rings. The number of nitrogens with zero attached hydrogens (tertiary/aromatic N) is 1. The maximum atomic E-state index is 12.4. The molecule has 0 unspecified atom stereocenters. The van der Waals surface area contributed by atoms with Gasteiger partial charge in [0.15, 0.2) is 0 Å². The van der Waals surface area contributed by atoms with E-state index in [1.54, 1.807) is 6.07 Å². The highest BCUT2D eigenvalue weighted by Gasteiger charge is 2.23. The van der Waals surface area contributed by atoms with Crippen LogP contribution < -0.4 is 10.2 Å². The number of hydrogen-bond donors (Lipinski definition) is 2. The minimum atomic E-state index is -0.199. The summed E-state index contributed by atoms with van der Waals surface area (Å²) in [6, 6.07) is 17.8. The second kappa shape index (κ2) is 8.63. The topological polar surface area (TPSA) is 53.9 Å². The summed E-state index contributed by atoms with van der Waals surface area (Å²) in [5, 5.41) is 2.74. The summed E-state index contributed by atoms with van der Waals surface area (Å²) in [5.74, 6) is -0.208. The summed E-state index contributed by atoms with van der Waals surface area (Å²) in [5.41, 5.74) is 2.95. The van der Waals surface area contributed by atoms with E-state index >= 15 is 0 Å². The van der Waals surface area contributed by atoms with Crippen LogP contribution in [0.15, 0.2) is 54.6 Å². The summed E-state index contributed by atoms with van der Waals surface area (Å²) in [6.07, 6.45) is 0. The smallest absolute Gasteiger partial charge is 0.251 e. The van der Waals surface area contributed by atoms with Gasteiger partial charge < -0.3 is 15.1 Å². The van der Waals surface area contributed by atoms with Crippen molar-refractivity contribution in [2.45, 2.75) is 13.5 Å². The molecule has 1 saturated heterocycles. The lowest BCUT2D eigenvalue weighted by molar-refractivity contribution is -0.917. The number of benzene rings is 2. The average Bonchev–Trinajstić information content (AvgIpc) is 2.67. The van der Waals surface area contributed by atoms with Gasteiger partial charge in [0.25, 0.3) is 5.91 Å². The molecule has 1 aliphatic rings. The highest BCUT2D eigenvalue weighted by molar-refractivity contribution is 5.96. The Labute approximate surface area is 154 Å². The molecular formula is C21H26N3O2+. The third-order valence-electron chi connectivity index (χ3n) is 4.80. The second-order valence-electron chi connectivity index (χ2n) is 6.85. The Balaban J connectivity index is 1.43. The Hall–Kier alpha value is -2.66. The lowest BCUT2D eigenvalue weighted by Gasteiger charge is -2.32. The van der Waals surface area contributed by atoms with Crippen molar-refractivity contribution in [3.05, 3.63) is 71.3 Å². The van der Waals surface area contributed by atoms with Crippen molar-refractivity contribution in [3.63, 3.8) is 0 Å². The standard InChI is InChI=1S/C21H25N3O2/c1-17-6-5-9-19(14-17)21(26)22-15-20(25)24-12-10-23(11-13-24)16-18-7-3-2-4-8-18/h2-9,14H,10-13,15-16H2,1H3,(H,22,26)/p+1. The zero-order valence-corrected chi connectivity index (χ0v) is 15.2. The predicted octanol–water partition coefficient (Wildman–Crippen LogP) is 0.652. The van der Waals surface area contributed by atoms with Crippen LogP contribution in [0.5, 0.6) is 0 Å². The van der Waals surface area contributed by atoms with Crippen molar-refractivity contribution in [3.8, 4) is 0 Å². The lowest BCUT2D eigenvalue weighted by atomic mass is 10.1. The third-order valence-corrected chi connectivity index (χ3v) is 4.80. The maximum absolute atomic E-state index is 12.4. The van der Waals surface area contributed by atoms with Crippen LogP contribution in [0.1, 0.15) is 21.5 Å². The van der Waals surface area contributed by atoms with E-state index < -0.39 is 0 Å². The molecule has 2 amide bonds. The molecule has 2 aromatic carbocycles. The van der Waals surface area contributed by atoms with Crippen molar-refractivity contribution >= 4 is 11.8 Å². The van der Waals surface area contributed by atoms with Gasteiger partial charge in [-0.25, -0.2) is 0 Å². The van der Waals surface area contributed by atoms with Crippen molar-refractivity contribution in [1.29, 1.82) is 0 Å². The monoisotopic (exact) mass is 352 g/mol. The van der Waals surface area contributed by atoms with E-state index in [0.717, 1.165) is 38.3 Å². The molecule has 0 spiro atoms. The van der Waals surface area contributed by atoms with Crippen LogP contribution in [0.3, 0.4) is 0 Å². The minimum Gasteiger partial charge on any atom is -0.343 e. The van der Waals surface area contributed by atoms with E-state index in [4.69, 9.17) is 0 Å². The number of hydrogen-bond acceptors (Lipinski definition) is 2. The molecule has 1 heterocycles. The molecule has 2 N–H and O–H groups in total. The van der Waals surface area contributed by atoms with Crippen LogP contribution in [0.2, 0.25) is 0 Å². The highest BCUT2D eigenvalue weighted by Crippen LogP contribution is 2.03. The first-order valence-electron chi connectivity index (χ1n) is 9.12. The Morgan fingerprint density at radius 2 is 1.77 bits per heavy atom. The van der Waals surface area contributed by atoms with E-state index in [0.29, 0.717) is 5.56 Å². The van der Waals surface area contributed by atoms with E-state index in [1.165, 1.54) is 10.5 Å². The minimum absolute atomic E-state index is 0.00948. The fourth-order valence-corrected chi connectivity index (χ4v) is 3.29. The van der Waals surface area contributed by atoms with Gasteiger partial charge in [-0.05, 0) is 19.1 Å². The van der Waals surface area contributed by atoms with Gasteiger partial charge >= 0.3 is 0 Å². The van der Waals surface area contributed by atoms with Crippen LogP contribution in [0.25, 0.3) is 0 Å². The zero-order valence-electron chi connectivity index (χ0n) is 15.2. The summed E-state index contributed by atoms with van der Waals surface area (Å²) < 4.78 is 0.